The molecule has 2 aromatic rings. The van der Waals surface area contributed by atoms with Crippen LogP contribution in [0.5, 0.6) is 0 Å². The summed E-state index contributed by atoms with van der Waals surface area (Å²) >= 11 is 0. The molecule has 1 atom stereocenters. The fourth-order valence-corrected chi connectivity index (χ4v) is 2.64. The van der Waals surface area contributed by atoms with Crippen molar-refractivity contribution in [1.82, 2.24) is 5.43 Å². The SMILES string of the molecule is CC1CC(=O)NN=C1c1ccc(Nc2ccc(C(F)(F)F)cc2)cc1.O=CO. The summed E-state index contributed by atoms with van der Waals surface area (Å²) in [4.78, 5) is 19.7. The van der Waals surface area contributed by atoms with Crippen molar-refractivity contribution >= 4 is 29.5 Å². The van der Waals surface area contributed by atoms with Gasteiger partial charge in [-0.05, 0) is 42.0 Å². The number of hydrogen-bond donors (Lipinski definition) is 3. The molecule has 6 nitrogen and oxygen atoms in total. The van der Waals surface area contributed by atoms with E-state index in [0.717, 1.165) is 29.1 Å². The number of rotatable bonds is 3. The van der Waals surface area contributed by atoms with Crippen LogP contribution in [0.1, 0.15) is 24.5 Å². The smallest absolute Gasteiger partial charge is 0.416 e. The summed E-state index contributed by atoms with van der Waals surface area (Å²) in [6, 6.07) is 12.2. The summed E-state index contributed by atoms with van der Waals surface area (Å²) in [6.07, 6.45) is -3.95. The number of hydrazone groups is 1. The van der Waals surface area contributed by atoms with Crippen molar-refractivity contribution < 1.29 is 27.9 Å². The van der Waals surface area contributed by atoms with Gasteiger partial charge in [0.2, 0.25) is 5.91 Å². The van der Waals surface area contributed by atoms with Gasteiger partial charge >= 0.3 is 6.18 Å². The van der Waals surface area contributed by atoms with Crippen molar-refractivity contribution in [2.45, 2.75) is 19.5 Å². The zero-order valence-electron chi connectivity index (χ0n) is 14.8. The molecule has 1 amide bonds. The van der Waals surface area contributed by atoms with Crippen LogP contribution in [0.2, 0.25) is 0 Å². The number of benzene rings is 2. The van der Waals surface area contributed by atoms with Gasteiger partial charge in [-0.3, -0.25) is 9.59 Å². The van der Waals surface area contributed by atoms with Gasteiger partial charge in [-0.1, -0.05) is 19.1 Å². The Morgan fingerprint density at radius 2 is 1.61 bits per heavy atom. The van der Waals surface area contributed by atoms with E-state index in [0.29, 0.717) is 12.1 Å². The number of carbonyl (C=O) groups excluding carboxylic acids is 1. The van der Waals surface area contributed by atoms with Crippen molar-refractivity contribution in [3.63, 3.8) is 0 Å². The lowest BCUT2D eigenvalue weighted by Crippen LogP contribution is -2.31. The maximum Gasteiger partial charge on any atom is 0.416 e. The number of amides is 1. The average Bonchev–Trinajstić information content (AvgIpc) is 2.63. The van der Waals surface area contributed by atoms with E-state index in [2.05, 4.69) is 15.8 Å². The number of anilines is 2. The van der Waals surface area contributed by atoms with Crippen molar-refractivity contribution in [2.75, 3.05) is 5.32 Å². The van der Waals surface area contributed by atoms with Gasteiger partial charge in [0.05, 0.1) is 11.3 Å². The summed E-state index contributed by atoms with van der Waals surface area (Å²) in [6.45, 7) is 1.69. The van der Waals surface area contributed by atoms with E-state index in [1.165, 1.54) is 12.1 Å². The van der Waals surface area contributed by atoms with Gasteiger partial charge in [-0.25, -0.2) is 5.43 Å². The maximum atomic E-state index is 12.6. The molecular formula is C19H18F3N3O3. The number of alkyl halides is 3. The van der Waals surface area contributed by atoms with E-state index >= 15 is 0 Å². The minimum atomic E-state index is -4.34. The highest BCUT2D eigenvalue weighted by Gasteiger charge is 2.29. The second-order valence-corrected chi connectivity index (χ2v) is 6.02. The minimum Gasteiger partial charge on any atom is -0.483 e. The highest BCUT2D eigenvalue weighted by Crippen LogP contribution is 2.30. The largest absolute Gasteiger partial charge is 0.483 e. The van der Waals surface area contributed by atoms with Crippen LogP contribution in [0.4, 0.5) is 24.5 Å². The zero-order valence-corrected chi connectivity index (χ0v) is 14.8. The first-order valence-corrected chi connectivity index (χ1v) is 8.23. The summed E-state index contributed by atoms with van der Waals surface area (Å²) in [7, 11) is 0. The third-order valence-electron chi connectivity index (χ3n) is 3.94. The summed E-state index contributed by atoms with van der Waals surface area (Å²) < 4.78 is 37.7. The normalized spacial score (nSPS) is 16.2. The van der Waals surface area contributed by atoms with E-state index in [9.17, 15) is 18.0 Å². The third-order valence-corrected chi connectivity index (χ3v) is 3.94. The number of hydrogen-bond acceptors (Lipinski definition) is 4. The number of carbonyl (C=O) groups is 2. The molecule has 9 heteroatoms. The van der Waals surface area contributed by atoms with Crippen LogP contribution < -0.4 is 10.7 Å². The predicted molar refractivity (Wildman–Crippen MR) is 98.3 cm³/mol. The first-order valence-electron chi connectivity index (χ1n) is 8.23. The molecule has 0 aromatic heterocycles. The van der Waals surface area contributed by atoms with Crippen LogP contribution in [0.3, 0.4) is 0 Å². The molecule has 0 saturated carbocycles. The molecule has 1 aliphatic heterocycles. The summed E-state index contributed by atoms with van der Waals surface area (Å²) in [5.74, 6) is -0.0701. The molecule has 148 valence electrons. The van der Waals surface area contributed by atoms with E-state index in [-0.39, 0.29) is 18.3 Å². The Morgan fingerprint density at radius 3 is 2.07 bits per heavy atom. The van der Waals surface area contributed by atoms with Crippen molar-refractivity contribution in [3.8, 4) is 0 Å². The Hall–Kier alpha value is -3.36. The van der Waals surface area contributed by atoms with Crippen LogP contribution >= 0.6 is 0 Å². The molecule has 0 bridgehead atoms. The number of halogens is 3. The minimum absolute atomic E-state index is 0.0301. The molecule has 0 spiro atoms. The Kier molecular flexibility index (Phi) is 6.75. The average molecular weight is 393 g/mol. The molecule has 1 aliphatic rings. The van der Waals surface area contributed by atoms with Crippen LogP contribution in [-0.2, 0) is 15.8 Å². The second-order valence-electron chi connectivity index (χ2n) is 6.02. The lowest BCUT2D eigenvalue weighted by molar-refractivity contribution is -0.137. The molecule has 0 saturated heterocycles. The number of nitrogens with one attached hydrogen (secondary N) is 2. The lowest BCUT2D eigenvalue weighted by Gasteiger charge is -2.19. The lowest BCUT2D eigenvalue weighted by atomic mass is 9.94. The van der Waals surface area contributed by atoms with Gasteiger partial charge in [0, 0.05) is 23.7 Å². The summed E-state index contributed by atoms with van der Waals surface area (Å²) in [5, 5.41) is 14.0. The maximum absolute atomic E-state index is 12.6. The van der Waals surface area contributed by atoms with Gasteiger partial charge in [-0.2, -0.15) is 18.3 Å². The fourth-order valence-electron chi connectivity index (χ4n) is 2.64. The predicted octanol–water partition coefficient (Wildman–Crippen LogP) is 4.01. The highest BCUT2D eigenvalue weighted by molar-refractivity contribution is 6.05. The summed E-state index contributed by atoms with van der Waals surface area (Å²) in [5.41, 5.74) is 4.81. The van der Waals surface area contributed by atoms with E-state index in [1.807, 2.05) is 31.2 Å². The molecule has 1 unspecified atom stereocenters. The molecule has 2 aromatic carbocycles. The van der Waals surface area contributed by atoms with Crippen LogP contribution in [0, 0.1) is 5.92 Å². The quantitative estimate of drug-likeness (QED) is 0.688. The molecular weight excluding hydrogens is 375 g/mol. The van der Waals surface area contributed by atoms with Gasteiger partial charge in [0.25, 0.3) is 6.47 Å². The molecule has 3 rings (SSSR count). The highest BCUT2D eigenvalue weighted by atomic mass is 19.4. The first-order chi connectivity index (χ1) is 13.2. The fraction of sp³-hybridized carbons (Fsp3) is 0.211. The zero-order chi connectivity index (χ0) is 20.7. The van der Waals surface area contributed by atoms with E-state index < -0.39 is 11.7 Å². The Morgan fingerprint density at radius 1 is 1.11 bits per heavy atom. The van der Waals surface area contributed by atoms with Gasteiger partial charge in [0.1, 0.15) is 0 Å². The van der Waals surface area contributed by atoms with Crippen molar-refractivity contribution in [3.05, 3.63) is 59.7 Å². The monoisotopic (exact) mass is 393 g/mol. The molecule has 3 N–H and O–H groups in total. The van der Waals surface area contributed by atoms with E-state index in [4.69, 9.17) is 9.90 Å². The second kappa shape index (κ2) is 9.03. The van der Waals surface area contributed by atoms with Crippen molar-refractivity contribution in [2.24, 2.45) is 11.0 Å². The Balaban J connectivity index is 0.000000878. The topological polar surface area (TPSA) is 90.8 Å². The van der Waals surface area contributed by atoms with Gasteiger partial charge < -0.3 is 10.4 Å². The first kappa shape index (κ1) is 20.9. The van der Waals surface area contributed by atoms with Crippen LogP contribution in [0.25, 0.3) is 0 Å². The van der Waals surface area contributed by atoms with Crippen LogP contribution in [0.15, 0.2) is 53.6 Å². The molecule has 0 radical (unpaired) electrons. The Labute approximate surface area is 159 Å². The number of carboxylic acid groups (broad SMARTS) is 1. The van der Waals surface area contributed by atoms with Crippen LogP contribution in [-0.4, -0.2) is 23.2 Å². The van der Waals surface area contributed by atoms with E-state index in [1.54, 1.807) is 0 Å². The van der Waals surface area contributed by atoms with Crippen molar-refractivity contribution in [1.29, 1.82) is 0 Å². The van der Waals surface area contributed by atoms with Gasteiger partial charge in [0.15, 0.2) is 0 Å². The molecule has 1 heterocycles. The Bertz CT molecular complexity index is 847. The third kappa shape index (κ3) is 5.57. The number of nitrogens with zero attached hydrogens (tertiary/aromatic N) is 1. The molecule has 0 fully saturated rings. The molecule has 0 aliphatic carbocycles. The molecule has 28 heavy (non-hydrogen) atoms. The standard InChI is InChI=1S/C18H16F3N3O.CH2O2/c1-11-10-16(25)23-24-17(11)12-2-6-14(7-3-12)22-15-8-4-13(5-9-15)18(19,20)21;2-1-3/h2-9,11,22H,10H2,1H3,(H,23,25);1H,(H,2,3). The van der Waals surface area contributed by atoms with Gasteiger partial charge in [-0.15, -0.1) is 0 Å².